The predicted molar refractivity (Wildman–Crippen MR) is 74.5 cm³/mol. The Balaban J connectivity index is 2.24. The predicted octanol–water partition coefficient (Wildman–Crippen LogP) is 4.00. The van der Waals surface area contributed by atoms with Crippen molar-refractivity contribution < 1.29 is 18.0 Å². The van der Waals surface area contributed by atoms with Crippen molar-refractivity contribution in [3.63, 3.8) is 0 Å². The lowest BCUT2D eigenvalue weighted by atomic mass is 10.2. The molecule has 0 bridgehead atoms. The van der Waals surface area contributed by atoms with E-state index in [-0.39, 0.29) is 11.7 Å². The molecule has 20 heavy (non-hydrogen) atoms. The molecule has 0 aliphatic heterocycles. The molecule has 1 saturated carbocycles. The summed E-state index contributed by atoms with van der Waals surface area (Å²) in [4.78, 5) is 11.7. The molecule has 0 radical (unpaired) electrons. The zero-order valence-electron chi connectivity index (χ0n) is 10.9. The third-order valence-electron chi connectivity index (χ3n) is 2.89. The number of nitrogens with one attached hydrogen (secondary N) is 2. The largest absolute Gasteiger partial charge is 0.381 e. The van der Waals surface area contributed by atoms with Crippen LogP contribution >= 0.6 is 15.9 Å². The van der Waals surface area contributed by atoms with Gasteiger partial charge in [-0.3, -0.25) is 4.79 Å². The second-order valence-electron chi connectivity index (χ2n) is 5.12. The first-order valence-corrected chi connectivity index (χ1v) is 6.94. The maximum Gasteiger partial charge on any atom is 0.260 e. The number of amides is 1. The summed E-state index contributed by atoms with van der Waals surface area (Å²) in [6.45, 7) is 3.69. The molecule has 2 N–H and O–H groups in total. The molecule has 1 amide bonds. The van der Waals surface area contributed by atoms with E-state index >= 15 is 0 Å². The summed E-state index contributed by atoms with van der Waals surface area (Å²) in [5.74, 6) is -5.87. The molecule has 0 spiro atoms. The molecule has 1 aromatic carbocycles. The van der Waals surface area contributed by atoms with Crippen LogP contribution < -0.4 is 10.6 Å². The topological polar surface area (TPSA) is 41.1 Å². The number of carbonyl (C=O) groups is 1. The maximum absolute atomic E-state index is 13.9. The fraction of sp³-hybridized carbons (Fsp3) is 0.462. The van der Waals surface area contributed by atoms with Crippen molar-refractivity contribution in [1.29, 1.82) is 0 Å². The summed E-state index contributed by atoms with van der Waals surface area (Å²) >= 11 is 3.15. The lowest BCUT2D eigenvalue weighted by molar-refractivity contribution is -0.119. The van der Waals surface area contributed by atoms with Gasteiger partial charge in [-0.1, -0.05) is 15.9 Å². The van der Waals surface area contributed by atoms with Gasteiger partial charge in [0.2, 0.25) is 5.91 Å². The van der Waals surface area contributed by atoms with Gasteiger partial charge in [0.25, 0.3) is 5.92 Å². The minimum Gasteiger partial charge on any atom is -0.381 e. The van der Waals surface area contributed by atoms with Crippen LogP contribution in [0.4, 0.5) is 24.5 Å². The van der Waals surface area contributed by atoms with Gasteiger partial charge in [-0.25, -0.2) is 13.2 Å². The Morgan fingerprint density at radius 2 is 2.05 bits per heavy atom. The lowest BCUT2D eigenvalue weighted by Gasteiger charge is -2.16. The zero-order valence-corrected chi connectivity index (χ0v) is 12.5. The van der Waals surface area contributed by atoms with Crippen molar-refractivity contribution >= 4 is 33.2 Å². The maximum atomic E-state index is 13.9. The Kier molecular flexibility index (Phi) is 4.00. The number of hydrogen-bond acceptors (Lipinski definition) is 2. The Morgan fingerprint density at radius 3 is 2.55 bits per heavy atom. The van der Waals surface area contributed by atoms with E-state index in [4.69, 9.17) is 0 Å². The third kappa shape index (κ3) is 3.26. The number of hydrogen-bond donors (Lipinski definition) is 2. The Hall–Kier alpha value is -1.24. The first-order valence-electron chi connectivity index (χ1n) is 6.15. The van der Waals surface area contributed by atoms with Crippen molar-refractivity contribution in [2.45, 2.75) is 32.2 Å². The van der Waals surface area contributed by atoms with Crippen LogP contribution in [0.1, 0.15) is 20.3 Å². The van der Waals surface area contributed by atoms with Gasteiger partial charge in [0.1, 0.15) is 17.4 Å². The summed E-state index contributed by atoms with van der Waals surface area (Å²) in [5.41, 5.74) is 0.249. The normalized spacial score (nSPS) is 19.9. The van der Waals surface area contributed by atoms with Gasteiger partial charge < -0.3 is 10.6 Å². The molecule has 1 aliphatic carbocycles. The molecule has 0 heterocycles. The third-order valence-corrected chi connectivity index (χ3v) is 3.35. The molecule has 0 saturated heterocycles. The standard InChI is InChI=1S/C13H14BrF3N2O/c1-6(2)18-10-4-7(14)3-9(15)11(10)19-12(20)8-5-13(8,16)17/h3-4,6,8,18H,5H2,1-2H3,(H,19,20)/t8-/m0/s1. The Bertz CT molecular complexity index is 549. The number of anilines is 2. The van der Waals surface area contributed by atoms with Gasteiger partial charge in [0, 0.05) is 16.9 Å². The second-order valence-corrected chi connectivity index (χ2v) is 6.03. The van der Waals surface area contributed by atoms with Crippen LogP contribution in [0.15, 0.2) is 16.6 Å². The van der Waals surface area contributed by atoms with E-state index < -0.39 is 30.0 Å². The summed E-state index contributed by atoms with van der Waals surface area (Å²) in [6, 6.07) is 2.76. The van der Waals surface area contributed by atoms with Gasteiger partial charge in [-0.2, -0.15) is 0 Å². The number of carbonyl (C=O) groups excluding carboxylic acids is 1. The molecule has 1 aromatic rings. The average Bonchev–Trinajstić information content (AvgIpc) is 2.92. The minimum atomic E-state index is -2.97. The second kappa shape index (κ2) is 5.27. The quantitative estimate of drug-likeness (QED) is 0.861. The molecule has 1 fully saturated rings. The zero-order chi connectivity index (χ0) is 15.1. The highest BCUT2D eigenvalue weighted by molar-refractivity contribution is 9.10. The van der Waals surface area contributed by atoms with Crippen molar-refractivity contribution in [2.75, 3.05) is 10.6 Å². The van der Waals surface area contributed by atoms with Gasteiger partial charge in [-0.15, -0.1) is 0 Å². The average molecular weight is 351 g/mol. The van der Waals surface area contributed by atoms with Gasteiger partial charge in [-0.05, 0) is 26.0 Å². The van der Waals surface area contributed by atoms with Crippen LogP contribution in [0.5, 0.6) is 0 Å². The van der Waals surface area contributed by atoms with Crippen LogP contribution in [0.25, 0.3) is 0 Å². The van der Waals surface area contributed by atoms with Crippen LogP contribution in [-0.2, 0) is 4.79 Å². The molecular weight excluding hydrogens is 337 g/mol. The van der Waals surface area contributed by atoms with E-state index in [1.165, 1.54) is 6.07 Å². The number of benzene rings is 1. The summed E-state index contributed by atoms with van der Waals surface area (Å²) in [5, 5.41) is 5.22. The molecule has 7 heteroatoms. The summed E-state index contributed by atoms with van der Waals surface area (Å²) < 4.78 is 40.1. The van der Waals surface area contributed by atoms with Gasteiger partial charge >= 0.3 is 0 Å². The minimum absolute atomic E-state index is 0.00159. The number of alkyl halides is 2. The van der Waals surface area contributed by atoms with E-state index in [2.05, 4.69) is 26.6 Å². The van der Waals surface area contributed by atoms with Gasteiger partial charge in [0.15, 0.2) is 0 Å². The first kappa shape index (κ1) is 15.2. The van der Waals surface area contributed by atoms with Gasteiger partial charge in [0.05, 0.1) is 5.69 Å². The smallest absolute Gasteiger partial charge is 0.260 e. The highest BCUT2D eigenvalue weighted by Gasteiger charge is 2.61. The van der Waals surface area contributed by atoms with E-state index in [0.29, 0.717) is 10.2 Å². The van der Waals surface area contributed by atoms with E-state index in [1.807, 2.05) is 13.8 Å². The van der Waals surface area contributed by atoms with Crippen LogP contribution in [-0.4, -0.2) is 17.9 Å². The van der Waals surface area contributed by atoms with Crippen molar-refractivity contribution in [1.82, 2.24) is 0 Å². The Morgan fingerprint density at radius 1 is 1.45 bits per heavy atom. The van der Waals surface area contributed by atoms with E-state index in [9.17, 15) is 18.0 Å². The SMILES string of the molecule is CC(C)Nc1cc(Br)cc(F)c1NC(=O)[C@@H]1CC1(F)F. The monoisotopic (exact) mass is 350 g/mol. The van der Waals surface area contributed by atoms with Crippen LogP contribution in [0, 0.1) is 11.7 Å². The molecule has 110 valence electrons. The van der Waals surface area contributed by atoms with Crippen molar-refractivity contribution in [2.24, 2.45) is 5.92 Å². The molecule has 2 rings (SSSR count). The van der Waals surface area contributed by atoms with Crippen LogP contribution in [0.3, 0.4) is 0 Å². The van der Waals surface area contributed by atoms with E-state index in [1.54, 1.807) is 6.07 Å². The molecule has 0 aromatic heterocycles. The fourth-order valence-electron chi connectivity index (χ4n) is 1.83. The fourth-order valence-corrected chi connectivity index (χ4v) is 2.26. The molecule has 3 nitrogen and oxygen atoms in total. The first-order chi connectivity index (χ1) is 9.20. The number of rotatable bonds is 4. The summed E-state index contributed by atoms with van der Waals surface area (Å²) in [6.07, 6.45) is -0.482. The van der Waals surface area contributed by atoms with Crippen molar-refractivity contribution in [3.8, 4) is 0 Å². The van der Waals surface area contributed by atoms with Crippen molar-refractivity contribution in [3.05, 3.63) is 22.4 Å². The molecular formula is C13H14BrF3N2O. The number of halogens is 4. The highest BCUT2D eigenvalue weighted by Crippen LogP contribution is 2.49. The van der Waals surface area contributed by atoms with Crippen LogP contribution in [0.2, 0.25) is 0 Å². The molecule has 0 unspecified atom stereocenters. The summed E-state index contributed by atoms with van der Waals surface area (Å²) in [7, 11) is 0. The van der Waals surface area contributed by atoms with E-state index in [0.717, 1.165) is 0 Å². The lowest BCUT2D eigenvalue weighted by Crippen LogP contribution is -2.20. The molecule has 1 atom stereocenters. The molecule has 1 aliphatic rings. The highest BCUT2D eigenvalue weighted by atomic mass is 79.9. The Labute approximate surface area is 123 Å².